The van der Waals surface area contributed by atoms with Crippen molar-refractivity contribution >= 4 is 17.3 Å². The van der Waals surface area contributed by atoms with Crippen LogP contribution in [0, 0.1) is 23.4 Å². The summed E-state index contributed by atoms with van der Waals surface area (Å²) in [7, 11) is 0. The Labute approximate surface area is 187 Å². The lowest BCUT2D eigenvalue weighted by atomic mass is 9.66. The predicted octanol–water partition coefficient (Wildman–Crippen LogP) is 2.94. The van der Waals surface area contributed by atoms with E-state index in [1.165, 1.54) is 19.2 Å². The lowest BCUT2D eigenvalue weighted by Crippen LogP contribution is -2.71. The Kier molecular flexibility index (Phi) is 6.53. The molecule has 2 aliphatic heterocycles. The summed E-state index contributed by atoms with van der Waals surface area (Å²) in [5.41, 5.74) is 0.406. The van der Waals surface area contributed by atoms with E-state index in [2.05, 4.69) is 4.72 Å². The molecule has 3 fully saturated rings. The van der Waals surface area contributed by atoms with Gasteiger partial charge in [-0.05, 0) is 55.4 Å². The zero-order valence-corrected chi connectivity index (χ0v) is 18.5. The van der Waals surface area contributed by atoms with Crippen LogP contribution in [0.25, 0.3) is 11.1 Å². The van der Waals surface area contributed by atoms with E-state index >= 15 is 4.39 Å². The number of aliphatic hydroxyl groups excluding tert-OH is 1. The van der Waals surface area contributed by atoms with E-state index in [9.17, 15) is 23.2 Å². The van der Waals surface area contributed by atoms with Crippen LogP contribution in [0.5, 0.6) is 0 Å². The number of carbonyl (C=O) groups is 1. The lowest BCUT2D eigenvalue weighted by Gasteiger charge is -2.57. The van der Waals surface area contributed by atoms with Gasteiger partial charge in [-0.2, -0.15) is 0 Å². The first kappa shape index (κ1) is 23.1. The molecule has 2 aromatic carbocycles. The van der Waals surface area contributed by atoms with Crippen molar-refractivity contribution in [3.8, 4) is 11.1 Å². The highest BCUT2D eigenvalue weighted by molar-refractivity contribution is 7.88. The summed E-state index contributed by atoms with van der Waals surface area (Å²) >= 11 is -1.35. The number of piperidine rings is 2. The van der Waals surface area contributed by atoms with Crippen LogP contribution in [-0.4, -0.2) is 51.0 Å². The van der Waals surface area contributed by atoms with Crippen molar-refractivity contribution in [2.75, 3.05) is 6.26 Å². The molecule has 2 heterocycles. The smallest absolute Gasteiger partial charge is 0.251 e. The molecule has 2 saturated heterocycles. The van der Waals surface area contributed by atoms with Crippen LogP contribution >= 0.6 is 0 Å². The highest BCUT2D eigenvalue weighted by atomic mass is 32.2. The first-order valence-corrected chi connectivity index (χ1v) is 12.0. The van der Waals surface area contributed by atoms with Gasteiger partial charge < -0.3 is 14.6 Å². The lowest BCUT2D eigenvalue weighted by molar-refractivity contribution is -0.157. The number of halogens is 3. The molecule has 1 unspecified atom stereocenters. The highest BCUT2D eigenvalue weighted by Gasteiger charge is 2.54. The molecule has 0 aromatic heterocycles. The van der Waals surface area contributed by atoms with Crippen molar-refractivity contribution in [2.45, 2.75) is 50.4 Å². The number of aliphatic hydroxyl groups is 1. The number of hydrogen-bond donors (Lipinski definition) is 2. The Morgan fingerprint density at radius 1 is 1.25 bits per heavy atom. The van der Waals surface area contributed by atoms with Crippen molar-refractivity contribution < 1.29 is 27.6 Å². The van der Waals surface area contributed by atoms with E-state index in [0.29, 0.717) is 0 Å². The molecular formula is C23H25F3N2O3S. The second-order valence-electron chi connectivity index (χ2n) is 8.61. The Bertz CT molecular complexity index is 994. The first-order valence-electron chi connectivity index (χ1n) is 10.5. The number of carbonyl (C=O) groups excluding carboxylic acids is 1. The third-order valence-electron chi connectivity index (χ3n) is 6.42. The predicted molar refractivity (Wildman–Crippen MR) is 115 cm³/mol. The number of hydrogen-bond acceptors (Lipinski definition) is 4. The topological polar surface area (TPSA) is 75.6 Å². The maximum absolute atomic E-state index is 15.5. The average Bonchev–Trinajstić information content (AvgIpc) is 2.67. The van der Waals surface area contributed by atoms with Gasteiger partial charge in [-0.3, -0.25) is 4.79 Å². The summed E-state index contributed by atoms with van der Waals surface area (Å²) in [6.45, 7) is 1.39. The second-order valence-corrected chi connectivity index (χ2v) is 9.76. The monoisotopic (exact) mass is 466 g/mol. The number of nitrogens with one attached hydrogen (secondary N) is 1. The zero-order chi connectivity index (χ0) is 23.2. The fourth-order valence-corrected chi connectivity index (χ4v) is 5.69. The van der Waals surface area contributed by atoms with Gasteiger partial charge in [0.1, 0.15) is 29.8 Å². The standard InChI is InChI=1S/C23H25F3N2O3S/c1-12(29)23(30)28-18-8-15(9-18)22(27-32(2)31)20(28)10-13-4-3-5-19(21(13)26)14-6-16(24)11-17(25)7-14/h3-7,11-12,15,18,20,22,27,29H,8-10H2,1-2H3/t12-,15?,18?,20-,22-,32?/m0/s1. The second kappa shape index (κ2) is 9.05. The SMILES string of the molecule is C[C@H](O)C(=O)N1C2CC(C2)[C@H](N[S+](C)[O-])[C@@H]1Cc1cccc(-c2cc(F)cc(F)c2)c1F. The minimum absolute atomic E-state index is 0.0545. The molecule has 9 heteroatoms. The molecule has 0 spiro atoms. The molecule has 1 saturated carbocycles. The molecule has 0 radical (unpaired) electrons. The van der Waals surface area contributed by atoms with Gasteiger partial charge in [-0.1, -0.05) is 18.2 Å². The number of fused-ring (bicyclic) bond motifs is 2. The molecule has 32 heavy (non-hydrogen) atoms. The minimum atomic E-state index is -1.35. The summed E-state index contributed by atoms with van der Waals surface area (Å²) in [6, 6.07) is 6.56. The summed E-state index contributed by atoms with van der Waals surface area (Å²) < 4.78 is 57.8. The van der Waals surface area contributed by atoms with Crippen molar-refractivity contribution in [3.63, 3.8) is 0 Å². The van der Waals surface area contributed by atoms with E-state index in [1.807, 2.05) is 0 Å². The highest BCUT2D eigenvalue weighted by Crippen LogP contribution is 2.44. The quantitative estimate of drug-likeness (QED) is 0.642. The Hall–Kier alpha value is -2.07. The van der Waals surface area contributed by atoms with Crippen molar-refractivity contribution in [2.24, 2.45) is 5.92 Å². The van der Waals surface area contributed by atoms with E-state index in [0.717, 1.165) is 31.0 Å². The zero-order valence-electron chi connectivity index (χ0n) is 17.7. The molecule has 5 rings (SSSR count). The maximum atomic E-state index is 15.5. The Morgan fingerprint density at radius 3 is 2.50 bits per heavy atom. The fourth-order valence-electron chi connectivity index (χ4n) is 4.95. The summed E-state index contributed by atoms with van der Waals surface area (Å²) in [6.07, 6.45) is 1.86. The summed E-state index contributed by atoms with van der Waals surface area (Å²) in [5.74, 6) is -2.50. The average molecular weight is 467 g/mol. The molecule has 4 atom stereocenters. The molecule has 1 amide bonds. The summed E-state index contributed by atoms with van der Waals surface area (Å²) in [5, 5.41) is 9.94. The normalized spacial score (nSPS) is 26.4. The van der Waals surface area contributed by atoms with E-state index < -0.39 is 46.9 Å². The van der Waals surface area contributed by atoms with Gasteiger partial charge in [0, 0.05) is 29.0 Å². The summed E-state index contributed by atoms with van der Waals surface area (Å²) in [4.78, 5) is 14.4. The Morgan fingerprint density at radius 2 is 1.91 bits per heavy atom. The fraction of sp³-hybridized carbons (Fsp3) is 0.435. The largest absolute Gasteiger partial charge is 0.598 e. The molecule has 172 valence electrons. The van der Waals surface area contributed by atoms with Gasteiger partial charge in [-0.15, -0.1) is 4.72 Å². The molecule has 1 aliphatic carbocycles. The number of amides is 1. The van der Waals surface area contributed by atoms with Crippen LogP contribution in [-0.2, 0) is 22.6 Å². The number of rotatable bonds is 6. The Balaban J connectivity index is 1.70. The van der Waals surface area contributed by atoms with Crippen LogP contribution in [0.1, 0.15) is 25.3 Å². The molecule has 3 aliphatic rings. The van der Waals surface area contributed by atoms with Crippen LogP contribution in [0.4, 0.5) is 13.2 Å². The number of benzene rings is 2. The van der Waals surface area contributed by atoms with Crippen LogP contribution in [0.3, 0.4) is 0 Å². The van der Waals surface area contributed by atoms with Crippen molar-refractivity contribution in [3.05, 3.63) is 59.4 Å². The van der Waals surface area contributed by atoms with Crippen LogP contribution < -0.4 is 4.72 Å². The van der Waals surface area contributed by atoms with Gasteiger partial charge >= 0.3 is 0 Å². The minimum Gasteiger partial charge on any atom is -0.598 e. The van der Waals surface area contributed by atoms with Gasteiger partial charge in [0.2, 0.25) is 0 Å². The third-order valence-corrected chi connectivity index (χ3v) is 7.02. The van der Waals surface area contributed by atoms with Gasteiger partial charge in [-0.25, -0.2) is 13.2 Å². The van der Waals surface area contributed by atoms with Gasteiger partial charge in [0.15, 0.2) is 0 Å². The van der Waals surface area contributed by atoms with Crippen LogP contribution in [0.2, 0.25) is 0 Å². The van der Waals surface area contributed by atoms with E-state index in [-0.39, 0.29) is 41.1 Å². The van der Waals surface area contributed by atoms with Crippen LogP contribution in [0.15, 0.2) is 36.4 Å². The third kappa shape index (κ3) is 4.39. The molecule has 5 nitrogen and oxygen atoms in total. The number of nitrogens with zero attached hydrogens (tertiary/aromatic N) is 1. The maximum Gasteiger partial charge on any atom is 0.251 e. The van der Waals surface area contributed by atoms with Gasteiger partial charge in [0.25, 0.3) is 5.91 Å². The van der Waals surface area contributed by atoms with E-state index in [4.69, 9.17) is 0 Å². The molecule has 2 bridgehead atoms. The molecular weight excluding hydrogens is 441 g/mol. The van der Waals surface area contributed by atoms with Crippen molar-refractivity contribution in [1.29, 1.82) is 0 Å². The van der Waals surface area contributed by atoms with Crippen molar-refractivity contribution in [1.82, 2.24) is 9.62 Å². The molecule has 2 N–H and O–H groups in total. The first-order chi connectivity index (χ1) is 15.2. The molecule has 2 aromatic rings. The van der Waals surface area contributed by atoms with Gasteiger partial charge in [0.05, 0.1) is 12.1 Å². The van der Waals surface area contributed by atoms with E-state index in [1.54, 1.807) is 17.0 Å².